The highest BCUT2D eigenvalue weighted by molar-refractivity contribution is 5.70. The van der Waals surface area contributed by atoms with E-state index in [2.05, 4.69) is 62.1 Å². The molecule has 0 unspecified atom stereocenters. The number of hydrogen-bond acceptors (Lipinski definition) is 6. The monoisotopic (exact) mass is 391 g/mol. The second-order valence-corrected chi connectivity index (χ2v) is 7.12. The Kier molecular flexibility index (Phi) is 5.79. The number of carbonyl (C=O) groups excluding carboxylic acids is 1. The van der Waals surface area contributed by atoms with E-state index in [1.165, 1.54) is 28.8 Å². The van der Waals surface area contributed by atoms with Gasteiger partial charge < -0.3 is 19.3 Å². The molecule has 0 atom stereocenters. The molecule has 0 spiro atoms. The minimum Gasteiger partial charge on any atom is -0.486 e. The maximum absolute atomic E-state index is 11.3. The molecule has 1 fully saturated rings. The number of esters is 1. The Labute approximate surface area is 170 Å². The standard InChI is InChI=1S/C23H25N3O3/c1-28-23(27)17-29-21-5-6-22-18(15-21)3-2-4-19(22)16-25-11-13-26(14-12-25)20-7-9-24-10-8-20/h2-10,16H,11-15,17H2,1H3. The molecule has 0 N–H and O–H groups in total. The van der Waals surface area contributed by atoms with Gasteiger partial charge in [-0.05, 0) is 34.2 Å². The lowest BCUT2D eigenvalue weighted by Gasteiger charge is -2.35. The summed E-state index contributed by atoms with van der Waals surface area (Å²) in [6.45, 7) is 3.89. The van der Waals surface area contributed by atoms with E-state index in [-0.39, 0.29) is 12.6 Å². The predicted octanol–water partition coefficient (Wildman–Crippen LogP) is 1.05. The number of ether oxygens (including phenoxy) is 2. The molecule has 0 radical (unpaired) electrons. The summed E-state index contributed by atoms with van der Waals surface area (Å²) in [7, 11) is 1.36. The summed E-state index contributed by atoms with van der Waals surface area (Å²) >= 11 is 0. The van der Waals surface area contributed by atoms with E-state index < -0.39 is 0 Å². The lowest BCUT2D eigenvalue weighted by atomic mass is 10.0. The van der Waals surface area contributed by atoms with Gasteiger partial charge in [0.15, 0.2) is 6.61 Å². The second kappa shape index (κ2) is 8.82. The van der Waals surface area contributed by atoms with Crippen molar-refractivity contribution < 1.29 is 14.3 Å². The SMILES string of the molecule is COC(=O)COC1=CC=c2c(cccc2=CN2CCN(c3ccncc3)CC2)C1. The lowest BCUT2D eigenvalue weighted by molar-refractivity contribution is -0.144. The zero-order chi connectivity index (χ0) is 20.1. The highest BCUT2D eigenvalue weighted by Gasteiger charge is 2.15. The molecule has 1 aromatic heterocycles. The fraction of sp³-hybridized carbons (Fsp3) is 0.304. The fourth-order valence-corrected chi connectivity index (χ4v) is 3.70. The van der Waals surface area contributed by atoms with E-state index in [0.29, 0.717) is 6.42 Å². The number of aromatic nitrogens is 1. The Morgan fingerprint density at radius 3 is 2.66 bits per heavy atom. The number of pyridine rings is 1. The van der Waals surface area contributed by atoms with Crippen molar-refractivity contribution in [2.24, 2.45) is 0 Å². The van der Waals surface area contributed by atoms with Crippen LogP contribution in [0.3, 0.4) is 0 Å². The molecule has 6 nitrogen and oxygen atoms in total. The van der Waals surface area contributed by atoms with Crippen LogP contribution in [0.25, 0.3) is 12.3 Å². The second-order valence-electron chi connectivity index (χ2n) is 7.12. The maximum atomic E-state index is 11.3. The van der Waals surface area contributed by atoms with Crippen molar-refractivity contribution in [3.63, 3.8) is 0 Å². The molecule has 2 heterocycles. The van der Waals surface area contributed by atoms with Crippen LogP contribution >= 0.6 is 0 Å². The maximum Gasteiger partial charge on any atom is 0.343 e. The normalized spacial score (nSPS) is 16.6. The number of hydrogen-bond donors (Lipinski definition) is 0. The third-order valence-corrected chi connectivity index (χ3v) is 5.30. The molecular weight excluding hydrogens is 366 g/mol. The van der Waals surface area contributed by atoms with Gasteiger partial charge in [0.1, 0.15) is 5.76 Å². The first-order valence-electron chi connectivity index (χ1n) is 9.82. The van der Waals surface area contributed by atoms with Crippen LogP contribution in [0.4, 0.5) is 5.69 Å². The Bertz CT molecular complexity index is 1010. The Balaban J connectivity index is 1.47. The Morgan fingerprint density at radius 1 is 1.10 bits per heavy atom. The average molecular weight is 391 g/mol. The third kappa shape index (κ3) is 4.59. The van der Waals surface area contributed by atoms with Crippen molar-refractivity contribution in [3.8, 4) is 0 Å². The lowest BCUT2D eigenvalue weighted by Crippen LogP contribution is -2.45. The summed E-state index contributed by atoms with van der Waals surface area (Å²) in [5.74, 6) is 0.413. The van der Waals surface area contributed by atoms with Crippen molar-refractivity contribution in [2.75, 3.05) is 44.8 Å². The number of piperazine rings is 1. The molecule has 2 aromatic rings. The number of carbonyl (C=O) groups is 1. The van der Waals surface area contributed by atoms with Crippen LogP contribution in [0.5, 0.6) is 0 Å². The van der Waals surface area contributed by atoms with Crippen molar-refractivity contribution >= 4 is 23.9 Å². The summed E-state index contributed by atoms with van der Waals surface area (Å²) in [6, 6.07) is 10.5. The van der Waals surface area contributed by atoms with Crippen LogP contribution in [0.15, 0.2) is 54.6 Å². The average Bonchev–Trinajstić information content (AvgIpc) is 2.78. The molecule has 1 aliphatic heterocycles. The molecule has 0 amide bonds. The van der Waals surface area contributed by atoms with Gasteiger partial charge in [0.05, 0.1) is 7.11 Å². The van der Waals surface area contributed by atoms with Crippen LogP contribution in [0.1, 0.15) is 5.56 Å². The molecule has 1 aliphatic carbocycles. The van der Waals surface area contributed by atoms with E-state index in [0.717, 1.165) is 31.9 Å². The molecule has 6 heteroatoms. The van der Waals surface area contributed by atoms with Crippen LogP contribution in [-0.2, 0) is 20.7 Å². The number of allylic oxidation sites excluding steroid dienone is 2. The van der Waals surface area contributed by atoms with Gasteiger partial charge >= 0.3 is 5.97 Å². The van der Waals surface area contributed by atoms with Crippen molar-refractivity contribution in [3.05, 3.63) is 70.6 Å². The first kappa shape index (κ1) is 19.1. The highest BCUT2D eigenvalue weighted by Crippen LogP contribution is 2.15. The molecule has 1 saturated heterocycles. The van der Waals surface area contributed by atoms with Crippen LogP contribution in [0.2, 0.25) is 0 Å². The van der Waals surface area contributed by atoms with Crippen molar-refractivity contribution in [2.45, 2.75) is 6.42 Å². The predicted molar refractivity (Wildman–Crippen MR) is 112 cm³/mol. The summed E-state index contributed by atoms with van der Waals surface area (Å²) in [6.07, 6.45) is 10.6. The van der Waals surface area contributed by atoms with E-state index in [9.17, 15) is 4.79 Å². The molecule has 150 valence electrons. The number of anilines is 1. The van der Waals surface area contributed by atoms with E-state index in [1.807, 2.05) is 18.5 Å². The van der Waals surface area contributed by atoms with Gasteiger partial charge in [-0.1, -0.05) is 24.3 Å². The fourth-order valence-electron chi connectivity index (χ4n) is 3.70. The molecule has 2 aliphatic rings. The summed E-state index contributed by atoms with van der Waals surface area (Å²) in [5, 5.41) is 2.43. The van der Waals surface area contributed by atoms with Gasteiger partial charge in [0.2, 0.25) is 0 Å². The summed E-state index contributed by atoms with van der Waals surface area (Å²) < 4.78 is 10.2. The van der Waals surface area contributed by atoms with Gasteiger partial charge in [-0.2, -0.15) is 0 Å². The molecule has 0 bridgehead atoms. The molecular formula is C23H25N3O3. The van der Waals surface area contributed by atoms with Gasteiger partial charge in [-0.3, -0.25) is 4.98 Å². The summed E-state index contributed by atoms with van der Waals surface area (Å²) in [4.78, 5) is 20.2. The van der Waals surface area contributed by atoms with Crippen LogP contribution in [-0.4, -0.2) is 55.7 Å². The topological polar surface area (TPSA) is 54.9 Å². The minimum absolute atomic E-state index is 0.0565. The Morgan fingerprint density at radius 2 is 1.90 bits per heavy atom. The van der Waals surface area contributed by atoms with Crippen LogP contribution in [0, 0.1) is 0 Å². The molecule has 29 heavy (non-hydrogen) atoms. The molecule has 4 rings (SSSR count). The first-order valence-corrected chi connectivity index (χ1v) is 9.82. The van der Waals surface area contributed by atoms with Crippen molar-refractivity contribution in [1.82, 2.24) is 9.88 Å². The van der Waals surface area contributed by atoms with Gasteiger partial charge in [-0.15, -0.1) is 0 Å². The highest BCUT2D eigenvalue weighted by atomic mass is 16.6. The molecule has 1 aromatic carbocycles. The number of fused-ring (bicyclic) bond motifs is 1. The van der Waals surface area contributed by atoms with Crippen molar-refractivity contribution in [1.29, 1.82) is 0 Å². The number of benzene rings is 1. The Hall–Kier alpha value is -3.28. The number of methoxy groups -OCH3 is 1. The zero-order valence-electron chi connectivity index (χ0n) is 16.6. The number of rotatable bonds is 5. The number of nitrogens with zero attached hydrogens (tertiary/aromatic N) is 3. The largest absolute Gasteiger partial charge is 0.486 e. The van der Waals surface area contributed by atoms with E-state index >= 15 is 0 Å². The van der Waals surface area contributed by atoms with Crippen LogP contribution < -0.4 is 15.3 Å². The van der Waals surface area contributed by atoms with Gasteiger partial charge in [0.25, 0.3) is 0 Å². The van der Waals surface area contributed by atoms with E-state index in [4.69, 9.17) is 4.74 Å². The smallest absolute Gasteiger partial charge is 0.343 e. The minimum atomic E-state index is -0.371. The quantitative estimate of drug-likeness (QED) is 0.711. The molecule has 0 saturated carbocycles. The zero-order valence-corrected chi connectivity index (χ0v) is 16.6. The van der Waals surface area contributed by atoms with Gasteiger partial charge in [-0.25, -0.2) is 4.79 Å². The third-order valence-electron chi connectivity index (χ3n) is 5.30. The summed E-state index contributed by atoms with van der Waals surface area (Å²) in [5.41, 5.74) is 2.44. The first-order chi connectivity index (χ1) is 14.2. The van der Waals surface area contributed by atoms with E-state index in [1.54, 1.807) is 0 Å². The van der Waals surface area contributed by atoms with Gasteiger partial charge in [0, 0.05) is 56.9 Å².